The number of rotatable bonds is 9. The molecule has 1 aliphatic heterocycles. The molecular weight excluding hydrogens is 382 g/mol. The molecule has 162 valence electrons. The van der Waals surface area contributed by atoms with Crippen LogP contribution in [0.5, 0.6) is 0 Å². The fourth-order valence-electron chi connectivity index (χ4n) is 3.21. The lowest BCUT2D eigenvalue weighted by atomic mass is 9.90. The van der Waals surface area contributed by atoms with Gasteiger partial charge in [0.15, 0.2) is 14.1 Å². The lowest BCUT2D eigenvalue weighted by Gasteiger charge is -2.38. The molecule has 0 N–H and O–H groups in total. The molecule has 1 aromatic carbocycles. The first-order valence-electron chi connectivity index (χ1n) is 10.6. The minimum absolute atomic E-state index is 0.0738. The van der Waals surface area contributed by atoms with Gasteiger partial charge >= 0.3 is 0 Å². The van der Waals surface area contributed by atoms with Gasteiger partial charge in [0.05, 0.1) is 19.1 Å². The predicted octanol–water partition coefficient (Wildman–Crippen LogP) is 4.42. The maximum Gasteiger partial charge on any atom is 0.233 e. The van der Waals surface area contributed by atoms with Crippen LogP contribution in [-0.2, 0) is 25.4 Å². The molecule has 1 unspecified atom stereocenters. The largest absolute Gasteiger partial charge is 0.415 e. The zero-order valence-electron chi connectivity index (χ0n) is 18.9. The SMILES string of the molecule is C[C@@H](OCc1ccccc1)C(=O)C1CCCN(CCO[Si](C)(C)C(C)(C)C)C1=O. The third-order valence-corrected chi connectivity index (χ3v) is 10.8. The molecule has 5 nitrogen and oxygen atoms in total. The number of likely N-dealkylation sites (tertiary alicyclic amines) is 1. The van der Waals surface area contributed by atoms with E-state index in [1.807, 2.05) is 30.3 Å². The van der Waals surface area contributed by atoms with Crippen LogP contribution in [0, 0.1) is 5.92 Å². The predicted molar refractivity (Wildman–Crippen MR) is 118 cm³/mol. The Morgan fingerprint density at radius 2 is 1.90 bits per heavy atom. The van der Waals surface area contributed by atoms with E-state index >= 15 is 0 Å². The van der Waals surface area contributed by atoms with Gasteiger partial charge in [-0.2, -0.15) is 0 Å². The highest BCUT2D eigenvalue weighted by atomic mass is 28.4. The van der Waals surface area contributed by atoms with Crippen molar-refractivity contribution in [1.29, 1.82) is 0 Å². The highest BCUT2D eigenvalue weighted by Gasteiger charge is 2.39. The summed E-state index contributed by atoms with van der Waals surface area (Å²) in [5.74, 6) is -0.779. The Bertz CT molecular complexity index is 684. The van der Waals surface area contributed by atoms with Crippen molar-refractivity contribution in [3.8, 4) is 0 Å². The molecule has 2 rings (SSSR count). The first-order valence-corrected chi connectivity index (χ1v) is 13.6. The number of benzene rings is 1. The highest BCUT2D eigenvalue weighted by Crippen LogP contribution is 2.36. The number of piperidine rings is 1. The lowest BCUT2D eigenvalue weighted by molar-refractivity contribution is -0.149. The molecule has 6 heteroatoms. The van der Waals surface area contributed by atoms with Crippen molar-refractivity contribution in [2.75, 3.05) is 19.7 Å². The van der Waals surface area contributed by atoms with Crippen LogP contribution in [0.4, 0.5) is 0 Å². The Kier molecular flexibility index (Phi) is 8.20. The standard InChI is InChI=1S/C23H37NO4Si/c1-18(27-17-19-11-8-7-9-12-19)21(25)20-13-10-14-24(22(20)26)15-16-28-29(5,6)23(2,3)4/h7-9,11-12,18,20H,10,13-17H2,1-6H3/t18-,20?/m1/s1. The number of ketones is 1. The third kappa shape index (κ3) is 6.49. The van der Waals surface area contributed by atoms with E-state index in [9.17, 15) is 9.59 Å². The van der Waals surface area contributed by atoms with Crippen LogP contribution in [0.1, 0.15) is 46.1 Å². The number of hydrogen-bond donors (Lipinski definition) is 0. The van der Waals surface area contributed by atoms with Crippen LogP contribution in [0.15, 0.2) is 30.3 Å². The molecular formula is C23H37NO4Si. The number of carbonyl (C=O) groups is 2. The Morgan fingerprint density at radius 3 is 2.52 bits per heavy atom. The van der Waals surface area contributed by atoms with Gasteiger partial charge in [0.25, 0.3) is 0 Å². The second-order valence-corrected chi connectivity index (χ2v) is 14.3. The lowest BCUT2D eigenvalue weighted by Crippen LogP contribution is -2.49. The Morgan fingerprint density at radius 1 is 1.24 bits per heavy atom. The topological polar surface area (TPSA) is 55.8 Å². The summed E-state index contributed by atoms with van der Waals surface area (Å²) in [6, 6.07) is 9.77. The molecule has 0 spiro atoms. The molecule has 1 saturated heterocycles. The van der Waals surface area contributed by atoms with Gasteiger partial charge in [-0.25, -0.2) is 0 Å². The van der Waals surface area contributed by atoms with Crippen molar-refractivity contribution in [1.82, 2.24) is 4.90 Å². The summed E-state index contributed by atoms with van der Waals surface area (Å²) in [7, 11) is -1.84. The molecule has 1 fully saturated rings. The molecule has 0 saturated carbocycles. The van der Waals surface area contributed by atoms with Crippen molar-refractivity contribution < 1.29 is 18.8 Å². The second-order valence-electron chi connectivity index (χ2n) is 9.47. The van der Waals surface area contributed by atoms with E-state index in [1.165, 1.54) is 0 Å². The summed E-state index contributed by atoms with van der Waals surface area (Å²) in [5, 5.41) is 0.142. The number of hydrogen-bond acceptors (Lipinski definition) is 4. The average molecular weight is 420 g/mol. The summed E-state index contributed by atoms with van der Waals surface area (Å²) in [6.45, 7) is 14.9. The molecule has 29 heavy (non-hydrogen) atoms. The number of Topliss-reactive ketones (excluding diaryl/α,β-unsaturated/α-hetero) is 1. The quantitative estimate of drug-likeness (QED) is 0.439. The van der Waals surface area contributed by atoms with Gasteiger partial charge in [-0.3, -0.25) is 9.59 Å². The molecule has 0 aromatic heterocycles. The van der Waals surface area contributed by atoms with Gasteiger partial charge in [-0.05, 0) is 43.5 Å². The zero-order valence-corrected chi connectivity index (χ0v) is 19.9. The van der Waals surface area contributed by atoms with E-state index in [1.54, 1.807) is 11.8 Å². The summed E-state index contributed by atoms with van der Waals surface area (Å²) < 4.78 is 12.0. The van der Waals surface area contributed by atoms with Crippen molar-refractivity contribution in [2.24, 2.45) is 5.92 Å². The maximum atomic E-state index is 12.9. The van der Waals surface area contributed by atoms with E-state index in [-0.39, 0.29) is 16.7 Å². The monoisotopic (exact) mass is 419 g/mol. The summed E-state index contributed by atoms with van der Waals surface area (Å²) in [5.41, 5.74) is 1.02. The van der Waals surface area contributed by atoms with Gasteiger partial charge in [0, 0.05) is 13.1 Å². The van der Waals surface area contributed by atoms with Gasteiger partial charge in [-0.15, -0.1) is 0 Å². The Balaban J connectivity index is 1.86. The molecule has 0 bridgehead atoms. The van der Waals surface area contributed by atoms with Crippen LogP contribution in [0.25, 0.3) is 0 Å². The molecule has 1 aliphatic rings. The van der Waals surface area contributed by atoms with Gasteiger partial charge < -0.3 is 14.1 Å². The van der Waals surface area contributed by atoms with Crippen LogP contribution < -0.4 is 0 Å². The third-order valence-electron chi connectivity index (χ3n) is 6.25. The van der Waals surface area contributed by atoms with Crippen LogP contribution in [0.3, 0.4) is 0 Å². The van der Waals surface area contributed by atoms with E-state index < -0.39 is 20.3 Å². The van der Waals surface area contributed by atoms with Gasteiger partial charge in [0.1, 0.15) is 6.10 Å². The van der Waals surface area contributed by atoms with Crippen molar-refractivity contribution in [3.05, 3.63) is 35.9 Å². The number of amides is 1. The molecule has 0 aliphatic carbocycles. The van der Waals surface area contributed by atoms with E-state index in [0.29, 0.717) is 32.7 Å². The highest BCUT2D eigenvalue weighted by molar-refractivity contribution is 6.74. The van der Waals surface area contributed by atoms with E-state index in [2.05, 4.69) is 33.9 Å². The first-order chi connectivity index (χ1) is 13.5. The smallest absolute Gasteiger partial charge is 0.233 e. The average Bonchev–Trinajstić information content (AvgIpc) is 2.66. The van der Waals surface area contributed by atoms with Gasteiger partial charge in [-0.1, -0.05) is 51.1 Å². The van der Waals surface area contributed by atoms with Crippen molar-refractivity contribution >= 4 is 20.0 Å². The van der Waals surface area contributed by atoms with Crippen molar-refractivity contribution in [3.63, 3.8) is 0 Å². The van der Waals surface area contributed by atoms with Crippen molar-refractivity contribution in [2.45, 2.75) is 71.4 Å². The normalized spacial score (nSPS) is 19.3. The summed E-state index contributed by atoms with van der Waals surface area (Å²) >= 11 is 0. The minimum atomic E-state index is -1.84. The minimum Gasteiger partial charge on any atom is -0.415 e. The van der Waals surface area contributed by atoms with E-state index in [4.69, 9.17) is 9.16 Å². The van der Waals surface area contributed by atoms with Gasteiger partial charge in [0.2, 0.25) is 5.91 Å². The maximum absolute atomic E-state index is 12.9. The van der Waals surface area contributed by atoms with E-state index in [0.717, 1.165) is 12.0 Å². The second kappa shape index (κ2) is 10.0. The molecule has 1 aromatic rings. The fraction of sp³-hybridized carbons (Fsp3) is 0.652. The summed E-state index contributed by atoms with van der Waals surface area (Å²) in [4.78, 5) is 27.5. The fourth-order valence-corrected chi connectivity index (χ4v) is 4.25. The Labute approximate surface area is 176 Å². The molecule has 0 radical (unpaired) electrons. The number of carbonyl (C=O) groups excluding carboxylic acids is 2. The Hall–Kier alpha value is -1.50. The van der Waals surface area contributed by atoms with Crippen LogP contribution in [-0.4, -0.2) is 50.7 Å². The number of ether oxygens (including phenoxy) is 1. The van der Waals surface area contributed by atoms with Crippen LogP contribution >= 0.6 is 0 Å². The molecule has 1 amide bonds. The summed E-state index contributed by atoms with van der Waals surface area (Å²) in [6.07, 6.45) is 0.858. The zero-order chi connectivity index (χ0) is 21.7. The number of nitrogens with zero attached hydrogens (tertiary/aromatic N) is 1. The molecule has 2 atom stereocenters. The first kappa shape index (κ1) is 23.8. The molecule has 1 heterocycles. The van der Waals surface area contributed by atoms with Crippen LogP contribution in [0.2, 0.25) is 18.1 Å².